The Bertz CT molecular complexity index is 936. The SMILES string of the molecule is O=C(Nc1ccccc1)NC1C/C=C\CC2CCCC(C(=O)NC3CC(=O)OC3O)N2C1=O. The number of hydrogen-bond donors (Lipinski definition) is 4. The van der Waals surface area contributed by atoms with E-state index in [1.165, 1.54) is 0 Å². The Morgan fingerprint density at radius 2 is 1.79 bits per heavy atom. The standard InChI is InChI=1S/C23H28N4O6/c28-19-13-17(22(31)33-19)25-20(29)18-12-6-10-15-9-4-5-11-16(21(30)27(15)18)26-23(32)24-14-7-2-1-3-8-14/h1-5,7-8,15-18,22,31H,6,9-13H2,(H,25,29)(H2,24,26,32)/b5-4-. The fraction of sp³-hybridized carbons (Fsp3) is 0.478. The van der Waals surface area contributed by atoms with E-state index in [1.54, 1.807) is 29.2 Å². The van der Waals surface area contributed by atoms with Gasteiger partial charge in [0.1, 0.15) is 18.1 Å². The van der Waals surface area contributed by atoms with Gasteiger partial charge in [0, 0.05) is 11.7 Å². The molecule has 0 bridgehead atoms. The Kier molecular flexibility index (Phi) is 6.93. The fourth-order valence-electron chi connectivity index (χ4n) is 4.58. The Morgan fingerprint density at radius 1 is 1.03 bits per heavy atom. The lowest BCUT2D eigenvalue weighted by molar-refractivity contribution is -0.156. The molecule has 0 radical (unpaired) electrons. The van der Waals surface area contributed by atoms with Gasteiger partial charge in [0.25, 0.3) is 0 Å². The van der Waals surface area contributed by atoms with Crippen LogP contribution < -0.4 is 16.0 Å². The number of aliphatic hydroxyl groups excluding tert-OH is 1. The van der Waals surface area contributed by atoms with E-state index in [0.29, 0.717) is 24.9 Å². The minimum atomic E-state index is -1.40. The van der Waals surface area contributed by atoms with Crippen LogP contribution in [0.15, 0.2) is 42.5 Å². The summed E-state index contributed by atoms with van der Waals surface area (Å²) in [6.45, 7) is 0. The number of nitrogens with zero attached hydrogens (tertiary/aromatic N) is 1. The second-order valence-corrected chi connectivity index (χ2v) is 8.51. The number of ether oxygens (including phenoxy) is 1. The zero-order valence-corrected chi connectivity index (χ0v) is 18.1. The molecule has 4 N–H and O–H groups in total. The van der Waals surface area contributed by atoms with Crippen molar-refractivity contribution in [1.82, 2.24) is 15.5 Å². The van der Waals surface area contributed by atoms with Gasteiger partial charge in [0.05, 0.1) is 6.42 Å². The zero-order valence-electron chi connectivity index (χ0n) is 18.1. The molecule has 176 valence electrons. The lowest BCUT2D eigenvalue weighted by Gasteiger charge is -2.43. The quantitative estimate of drug-likeness (QED) is 0.395. The Balaban J connectivity index is 1.47. The summed E-state index contributed by atoms with van der Waals surface area (Å²) < 4.78 is 4.69. The second-order valence-electron chi connectivity index (χ2n) is 8.51. The molecule has 10 heteroatoms. The molecule has 0 aromatic heterocycles. The van der Waals surface area contributed by atoms with Crippen LogP contribution in [-0.4, -0.2) is 64.3 Å². The Hall–Kier alpha value is -3.40. The van der Waals surface area contributed by atoms with Crippen molar-refractivity contribution in [3.8, 4) is 0 Å². The summed E-state index contributed by atoms with van der Waals surface area (Å²) in [6.07, 6.45) is 5.22. The van der Waals surface area contributed by atoms with Gasteiger partial charge in [-0.1, -0.05) is 30.4 Å². The first-order valence-electron chi connectivity index (χ1n) is 11.2. The average Bonchev–Trinajstić information content (AvgIpc) is 3.11. The number of hydrogen-bond acceptors (Lipinski definition) is 6. The van der Waals surface area contributed by atoms with Gasteiger partial charge >= 0.3 is 12.0 Å². The average molecular weight is 456 g/mol. The highest BCUT2D eigenvalue weighted by Gasteiger charge is 2.43. The van der Waals surface area contributed by atoms with Crippen LogP contribution in [0.3, 0.4) is 0 Å². The molecule has 1 aromatic rings. The van der Waals surface area contributed by atoms with Gasteiger partial charge in [0.15, 0.2) is 0 Å². The maximum Gasteiger partial charge on any atom is 0.319 e. The van der Waals surface area contributed by atoms with Gasteiger partial charge in [-0.05, 0) is 44.2 Å². The van der Waals surface area contributed by atoms with Gasteiger partial charge in [-0.25, -0.2) is 4.79 Å². The molecule has 0 aliphatic carbocycles. The number of urea groups is 1. The first-order chi connectivity index (χ1) is 15.9. The van der Waals surface area contributed by atoms with Crippen molar-refractivity contribution < 1.29 is 29.0 Å². The maximum absolute atomic E-state index is 13.5. The molecule has 4 rings (SSSR count). The van der Waals surface area contributed by atoms with Crippen LogP contribution in [0.2, 0.25) is 0 Å². The molecule has 10 nitrogen and oxygen atoms in total. The predicted octanol–water partition coefficient (Wildman–Crippen LogP) is 1.03. The van der Waals surface area contributed by atoms with E-state index >= 15 is 0 Å². The van der Waals surface area contributed by atoms with Crippen LogP contribution in [0, 0.1) is 0 Å². The lowest BCUT2D eigenvalue weighted by Crippen LogP contribution is -2.62. The van der Waals surface area contributed by atoms with Gasteiger partial charge in [-0.15, -0.1) is 0 Å². The number of cyclic esters (lactones) is 1. The van der Waals surface area contributed by atoms with Crippen LogP contribution >= 0.6 is 0 Å². The summed E-state index contributed by atoms with van der Waals surface area (Å²) in [6, 6.07) is 5.79. The molecule has 33 heavy (non-hydrogen) atoms. The number of amides is 4. The van der Waals surface area contributed by atoms with Crippen molar-refractivity contribution in [1.29, 1.82) is 0 Å². The number of anilines is 1. The first-order valence-corrected chi connectivity index (χ1v) is 11.2. The summed E-state index contributed by atoms with van der Waals surface area (Å²) in [5.41, 5.74) is 0.601. The molecule has 3 aliphatic rings. The number of para-hydroxylation sites is 1. The molecule has 5 atom stereocenters. The summed E-state index contributed by atoms with van der Waals surface area (Å²) in [4.78, 5) is 52.1. The summed E-state index contributed by atoms with van der Waals surface area (Å²) >= 11 is 0. The molecule has 2 fully saturated rings. The number of carbonyl (C=O) groups excluding carboxylic acids is 4. The molecule has 3 heterocycles. The van der Waals surface area contributed by atoms with E-state index in [0.717, 1.165) is 12.8 Å². The zero-order chi connectivity index (χ0) is 23.4. The van der Waals surface area contributed by atoms with Crippen molar-refractivity contribution in [2.24, 2.45) is 0 Å². The van der Waals surface area contributed by atoms with Gasteiger partial charge in [-0.3, -0.25) is 14.4 Å². The van der Waals surface area contributed by atoms with Crippen LogP contribution in [0.1, 0.15) is 38.5 Å². The van der Waals surface area contributed by atoms with Crippen LogP contribution in [0.25, 0.3) is 0 Å². The van der Waals surface area contributed by atoms with E-state index in [-0.39, 0.29) is 18.4 Å². The third kappa shape index (κ3) is 5.33. The second kappa shape index (κ2) is 10.0. The predicted molar refractivity (Wildman–Crippen MR) is 118 cm³/mol. The maximum atomic E-state index is 13.5. The molecule has 5 unspecified atom stereocenters. The third-order valence-electron chi connectivity index (χ3n) is 6.19. The van der Waals surface area contributed by atoms with Crippen molar-refractivity contribution in [2.45, 2.75) is 69.0 Å². The number of rotatable bonds is 4. The van der Waals surface area contributed by atoms with E-state index in [1.807, 2.05) is 18.2 Å². The van der Waals surface area contributed by atoms with E-state index < -0.39 is 42.3 Å². The van der Waals surface area contributed by atoms with Crippen molar-refractivity contribution in [3.63, 3.8) is 0 Å². The van der Waals surface area contributed by atoms with Crippen molar-refractivity contribution in [2.75, 3.05) is 5.32 Å². The van der Waals surface area contributed by atoms with Gasteiger partial charge in [-0.2, -0.15) is 0 Å². The minimum absolute atomic E-state index is 0.121. The van der Waals surface area contributed by atoms with E-state index in [2.05, 4.69) is 16.0 Å². The summed E-state index contributed by atoms with van der Waals surface area (Å²) in [5, 5.41) is 17.9. The number of aliphatic hydroxyl groups is 1. The summed E-state index contributed by atoms with van der Waals surface area (Å²) in [7, 11) is 0. The molecule has 0 saturated carbocycles. The van der Waals surface area contributed by atoms with E-state index in [4.69, 9.17) is 4.74 Å². The first kappa shape index (κ1) is 22.8. The van der Waals surface area contributed by atoms with Crippen LogP contribution in [0.4, 0.5) is 10.5 Å². The molecule has 2 saturated heterocycles. The molecule has 0 spiro atoms. The largest absolute Gasteiger partial charge is 0.434 e. The number of nitrogens with one attached hydrogen (secondary N) is 3. The smallest absolute Gasteiger partial charge is 0.319 e. The highest BCUT2D eigenvalue weighted by Crippen LogP contribution is 2.29. The number of piperidine rings is 1. The highest BCUT2D eigenvalue weighted by atomic mass is 16.6. The molecule has 1 aromatic carbocycles. The van der Waals surface area contributed by atoms with Gasteiger partial charge in [0.2, 0.25) is 18.1 Å². The summed E-state index contributed by atoms with van der Waals surface area (Å²) in [5.74, 6) is -1.35. The molecule has 4 amide bonds. The highest BCUT2D eigenvalue weighted by molar-refractivity contribution is 5.96. The Labute approximate surface area is 191 Å². The minimum Gasteiger partial charge on any atom is -0.434 e. The van der Waals surface area contributed by atoms with Gasteiger partial charge < -0.3 is 30.7 Å². The van der Waals surface area contributed by atoms with Crippen LogP contribution in [0.5, 0.6) is 0 Å². The molecular weight excluding hydrogens is 428 g/mol. The molecule has 3 aliphatic heterocycles. The van der Waals surface area contributed by atoms with Crippen molar-refractivity contribution in [3.05, 3.63) is 42.5 Å². The number of carbonyl (C=O) groups is 4. The normalized spacial score (nSPS) is 30.3. The monoisotopic (exact) mass is 456 g/mol. The number of fused-ring (bicyclic) bond motifs is 1. The van der Waals surface area contributed by atoms with E-state index in [9.17, 15) is 24.3 Å². The fourth-order valence-corrected chi connectivity index (χ4v) is 4.58. The van der Waals surface area contributed by atoms with Crippen molar-refractivity contribution >= 4 is 29.5 Å². The third-order valence-corrected chi connectivity index (χ3v) is 6.19. The Morgan fingerprint density at radius 3 is 2.52 bits per heavy atom. The molecular formula is C23H28N4O6. The lowest BCUT2D eigenvalue weighted by atomic mass is 9.90. The number of benzene rings is 1. The number of esters is 1. The van der Waals surface area contributed by atoms with Crippen LogP contribution in [-0.2, 0) is 19.1 Å². The topological polar surface area (TPSA) is 137 Å².